The Morgan fingerprint density at radius 2 is 1.95 bits per heavy atom. The predicted molar refractivity (Wildman–Crippen MR) is 149 cm³/mol. The Kier molecular flexibility index (Phi) is 5.03. The molecule has 0 radical (unpaired) electrons. The Morgan fingerprint density at radius 3 is 2.77 bits per heavy atom. The standard InChI is InChI=1S/C29H19Cl2FN6O2/c1-13-17-4-2-14(7-25(17)40-35-13)22-11-21(29(32)33-22)28-20-10-19(20)24-6-15(8-27(39)38(24)28)18-9-16(30)3-5-23(18)37-12-26(31)34-36-37/h2-9,12,19-20,28H,10-11H2,1H3. The molecule has 8 nitrogen and oxygen atoms in total. The number of rotatable bonds is 4. The number of aryl methyl sites for hydroxylation is 1. The third kappa shape index (κ3) is 3.54. The van der Waals surface area contributed by atoms with Crippen molar-refractivity contribution in [3.05, 3.63) is 104 Å². The molecular formula is C29H19Cl2FN6O2. The van der Waals surface area contributed by atoms with Crippen LogP contribution >= 0.6 is 23.2 Å². The maximum Gasteiger partial charge on any atom is 0.251 e. The van der Waals surface area contributed by atoms with E-state index in [-0.39, 0.29) is 28.6 Å². The van der Waals surface area contributed by atoms with Gasteiger partial charge in [-0.2, -0.15) is 4.39 Å². The van der Waals surface area contributed by atoms with E-state index in [1.54, 1.807) is 33.6 Å². The Morgan fingerprint density at radius 1 is 1.07 bits per heavy atom. The number of aromatic nitrogens is 5. The van der Waals surface area contributed by atoms with Gasteiger partial charge in [-0.15, -0.1) is 5.10 Å². The van der Waals surface area contributed by atoms with Crippen molar-refractivity contribution in [3.8, 4) is 16.8 Å². The van der Waals surface area contributed by atoms with Crippen molar-refractivity contribution in [1.29, 1.82) is 0 Å². The van der Waals surface area contributed by atoms with Crippen LogP contribution in [-0.2, 0) is 0 Å². The highest BCUT2D eigenvalue weighted by molar-refractivity contribution is 6.31. The number of pyridine rings is 1. The number of benzene rings is 2. The molecule has 40 heavy (non-hydrogen) atoms. The van der Waals surface area contributed by atoms with Gasteiger partial charge in [0.25, 0.3) is 5.56 Å². The minimum Gasteiger partial charge on any atom is -0.356 e. The third-order valence-corrected chi connectivity index (χ3v) is 8.59. The highest BCUT2D eigenvalue weighted by Gasteiger charge is 2.55. The number of allylic oxidation sites excluding steroid dienone is 1. The minimum atomic E-state index is -0.511. The summed E-state index contributed by atoms with van der Waals surface area (Å²) in [5.74, 6) is -0.173. The van der Waals surface area contributed by atoms with Gasteiger partial charge in [-0.25, -0.2) is 9.67 Å². The van der Waals surface area contributed by atoms with E-state index in [4.69, 9.17) is 27.7 Å². The highest BCUT2D eigenvalue weighted by atomic mass is 35.5. The lowest BCUT2D eigenvalue weighted by Gasteiger charge is -2.20. The smallest absolute Gasteiger partial charge is 0.251 e. The summed E-state index contributed by atoms with van der Waals surface area (Å²) in [4.78, 5) is 17.9. The molecule has 1 aliphatic carbocycles. The molecule has 198 valence electrons. The lowest BCUT2D eigenvalue weighted by atomic mass is 9.96. The Balaban J connectivity index is 1.16. The van der Waals surface area contributed by atoms with Gasteiger partial charge in [0.05, 0.1) is 29.3 Å². The quantitative estimate of drug-likeness (QED) is 0.227. The summed E-state index contributed by atoms with van der Waals surface area (Å²) in [5.41, 5.74) is 6.21. The number of nitrogens with zero attached hydrogens (tertiary/aromatic N) is 6. The number of halogens is 3. The lowest BCUT2D eigenvalue weighted by Crippen LogP contribution is -2.26. The van der Waals surface area contributed by atoms with Crippen molar-refractivity contribution in [2.24, 2.45) is 10.9 Å². The van der Waals surface area contributed by atoms with Crippen molar-refractivity contribution in [2.45, 2.75) is 31.7 Å². The van der Waals surface area contributed by atoms with Crippen molar-refractivity contribution in [1.82, 2.24) is 24.7 Å². The number of fused-ring (bicyclic) bond motifs is 4. The first kappa shape index (κ1) is 23.8. The fraction of sp³-hybridized carbons (Fsp3) is 0.207. The van der Waals surface area contributed by atoms with E-state index in [2.05, 4.69) is 20.5 Å². The van der Waals surface area contributed by atoms with Gasteiger partial charge in [0.15, 0.2) is 10.7 Å². The van der Waals surface area contributed by atoms with E-state index in [1.165, 1.54) is 0 Å². The molecule has 0 N–H and O–H groups in total. The van der Waals surface area contributed by atoms with E-state index < -0.39 is 5.95 Å². The molecule has 0 bridgehead atoms. The second kappa shape index (κ2) is 8.46. The molecule has 0 saturated heterocycles. The molecule has 3 atom stereocenters. The van der Waals surface area contributed by atoms with Gasteiger partial charge in [-0.3, -0.25) is 4.79 Å². The molecule has 8 rings (SSSR count). The summed E-state index contributed by atoms with van der Waals surface area (Å²) in [7, 11) is 0. The van der Waals surface area contributed by atoms with Crippen LogP contribution < -0.4 is 5.56 Å². The van der Waals surface area contributed by atoms with Crippen LogP contribution in [0, 0.1) is 12.8 Å². The SMILES string of the molecule is Cc1noc2cc(C3=NC(F)=C(C4C5CC5c5cc(-c6cc(Cl)ccc6-n6cc(Cl)nn6)cc(=O)n54)C3)ccc12. The first-order valence-electron chi connectivity index (χ1n) is 12.8. The molecule has 3 aromatic heterocycles. The number of hydrogen-bond donors (Lipinski definition) is 0. The molecular weight excluding hydrogens is 554 g/mol. The average molecular weight is 573 g/mol. The van der Waals surface area contributed by atoms with Crippen LogP contribution in [0.2, 0.25) is 10.2 Å². The van der Waals surface area contributed by atoms with Gasteiger partial charge >= 0.3 is 0 Å². The van der Waals surface area contributed by atoms with E-state index in [0.717, 1.165) is 34.3 Å². The van der Waals surface area contributed by atoms with Crippen LogP contribution in [0.5, 0.6) is 0 Å². The molecule has 5 heterocycles. The van der Waals surface area contributed by atoms with Crippen molar-refractivity contribution in [3.63, 3.8) is 0 Å². The second-order valence-electron chi connectivity index (χ2n) is 10.5. The van der Waals surface area contributed by atoms with Gasteiger partial charge in [0.1, 0.15) is 0 Å². The molecule has 1 fully saturated rings. The second-order valence-corrected chi connectivity index (χ2v) is 11.3. The third-order valence-electron chi connectivity index (χ3n) is 8.18. The average Bonchev–Trinajstić information content (AvgIpc) is 3.20. The summed E-state index contributed by atoms with van der Waals surface area (Å²) in [6, 6.07) is 14.2. The highest BCUT2D eigenvalue weighted by Crippen LogP contribution is 2.62. The van der Waals surface area contributed by atoms with Gasteiger partial charge in [0.2, 0.25) is 5.95 Å². The summed E-state index contributed by atoms with van der Waals surface area (Å²) >= 11 is 12.4. The summed E-state index contributed by atoms with van der Waals surface area (Å²) in [6.07, 6.45) is 2.82. The first-order valence-corrected chi connectivity index (χ1v) is 13.6. The van der Waals surface area contributed by atoms with Crippen LogP contribution in [-0.4, -0.2) is 30.4 Å². The van der Waals surface area contributed by atoms with Gasteiger partial charge < -0.3 is 9.09 Å². The normalized spacial score (nSPS) is 21.2. The lowest BCUT2D eigenvalue weighted by molar-refractivity contribution is 0.450. The van der Waals surface area contributed by atoms with Crippen molar-refractivity contribution in [2.75, 3.05) is 0 Å². The van der Waals surface area contributed by atoms with E-state index in [1.807, 2.05) is 37.3 Å². The van der Waals surface area contributed by atoms with Crippen LogP contribution in [0.3, 0.4) is 0 Å². The zero-order valence-corrected chi connectivity index (χ0v) is 22.5. The monoisotopic (exact) mass is 572 g/mol. The fourth-order valence-electron chi connectivity index (χ4n) is 6.27. The summed E-state index contributed by atoms with van der Waals surface area (Å²) in [6.45, 7) is 1.88. The largest absolute Gasteiger partial charge is 0.356 e. The van der Waals surface area contributed by atoms with Gasteiger partial charge in [-0.1, -0.05) is 39.6 Å². The predicted octanol–water partition coefficient (Wildman–Crippen LogP) is 6.58. The van der Waals surface area contributed by atoms with Crippen molar-refractivity contribution >= 4 is 39.9 Å². The molecule has 0 spiro atoms. The maximum atomic E-state index is 15.4. The van der Waals surface area contributed by atoms with Crippen molar-refractivity contribution < 1.29 is 8.91 Å². The van der Waals surface area contributed by atoms with Gasteiger partial charge in [0, 0.05) is 51.2 Å². The maximum absolute atomic E-state index is 15.4. The fourth-order valence-corrected chi connectivity index (χ4v) is 6.57. The Hall–Kier alpha value is -4.08. The number of aliphatic imine (C=N–C) groups is 1. The van der Waals surface area contributed by atoms with E-state index >= 15 is 4.39 Å². The van der Waals surface area contributed by atoms with Crippen LogP contribution in [0.4, 0.5) is 4.39 Å². The summed E-state index contributed by atoms with van der Waals surface area (Å²) in [5, 5.41) is 13.6. The molecule has 3 unspecified atom stereocenters. The topological polar surface area (TPSA) is 91.1 Å². The zero-order chi connectivity index (χ0) is 27.3. The Bertz CT molecular complexity index is 2020. The van der Waals surface area contributed by atoms with E-state index in [0.29, 0.717) is 39.6 Å². The summed E-state index contributed by atoms with van der Waals surface area (Å²) < 4.78 is 24.1. The minimum absolute atomic E-state index is 0.158. The first-order chi connectivity index (χ1) is 19.4. The molecule has 0 amide bonds. The molecule has 2 aromatic carbocycles. The van der Waals surface area contributed by atoms with Crippen LogP contribution in [0.25, 0.3) is 27.8 Å². The van der Waals surface area contributed by atoms with Gasteiger partial charge in [-0.05, 0) is 61.2 Å². The molecule has 2 aliphatic heterocycles. The molecule has 3 aliphatic rings. The van der Waals surface area contributed by atoms with Crippen LogP contribution in [0.1, 0.15) is 41.8 Å². The molecule has 1 saturated carbocycles. The number of hydrogen-bond acceptors (Lipinski definition) is 6. The van der Waals surface area contributed by atoms with E-state index in [9.17, 15) is 4.79 Å². The zero-order valence-electron chi connectivity index (χ0n) is 21.0. The van der Waals surface area contributed by atoms with Crippen LogP contribution in [0.15, 0.2) is 80.6 Å². The molecule has 11 heteroatoms. The molecule has 5 aromatic rings. The Labute approximate surface area is 236 Å².